The Morgan fingerprint density at radius 1 is 1.17 bits per heavy atom. The molecule has 1 aromatic carbocycles. The second-order valence-corrected chi connectivity index (χ2v) is 3.58. The highest BCUT2D eigenvalue weighted by molar-refractivity contribution is 5.74. The Balaban J connectivity index is 0.000000873. The van der Waals surface area contributed by atoms with Crippen LogP contribution in [0.4, 0.5) is 0 Å². The van der Waals surface area contributed by atoms with E-state index in [1.807, 2.05) is 0 Å². The van der Waals surface area contributed by atoms with Gasteiger partial charge in [-0.3, -0.25) is 9.59 Å². The summed E-state index contributed by atoms with van der Waals surface area (Å²) in [7, 11) is 0. The minimum atomic E-state index is -0.324. The number of benzene rings is 1. The van der Waals surface area contributed by atoms with E-state index in [1.54, 1.807) is 24.3 Å². The molecule has 4 heteroatoms. The summed E-state index contributed by atoms with van der Waals surface area (Å²) in [5.41, 5.74) is 0.599. The Morgan fingerprint density at radius 3 is 2.17 bits per heavy atom. The first-order chi connectivity index (χ1) is 8.63. The number of esters is 1. The third-order valence-corrected chi connectivity index (χ3v) is 1.67. The highest BCUT2D eigenvalue weighted by atomic mass is 16.6. The van der Waals surface area contributed by atoms with Crippen LogP contribution in [-0.2, 0) is 9.53 Å². The normalized spacial score (nSPS) is 8.83. The van der Waals surface area contributed by atoms with Crippen LogP contribution in [0, 0.1) is 0 Å². The van der Waals surface area contributed by atoms with E-state index in [1.165, 1.54) is 13.3 Å². The molecule has 1 rings (SSSR count). The van der Waals surface area contributed by atoms with Crippen molar-refractivity contribution >= 4 is 12.3 Å². The third-order valence-electron chi connectivity index (χ3n) is 1.67. The van der Waals surface area contributed by atoms with Crippen LogP contribution in [0.3, 0.4) is 0 Å². The molecular formula is C14H20O4. The predicted octanol–water partition coefficient (Wildman–Crippen LogP) is 2.86. The molecule has 0 aliphatic rings. The first-order valence-electron chi connectivity index (χ1n) is 5.95. The first-order valence-corrected chi connectivity index (χ1v) is 5.95. The number of aldehydes is 1. The van der Waals surface area contributed by atoms with E-state index >= 15 is 0 Å². The summed E-state index contributed by atoms with van der Waals surface area (Å²) in [5, 5.41) is 0. The highest BCUT2D eigenvalue weighted by Crippen LogP contribution is 2.10. The highest BCUT2D eigenvalue weighted by Gasteiger charge is 1.96. The fourth-order valence-corrected chi connectivity index (χ4v) is 0.988. The molecule has 4 nitrogen and oxygen atoms in total. The lowest BCUT2D eigenvalue weighted by atomic mass is 10.2. The van der Waals surface area contributed by atoms with Crippen molar-refractivity contribution in [1.29, 1.82) is 0 Å². The van der Waals surface area contributed by atoms with Gasteiger partial charge >= 0.3 is 5.97 Å². The molecule has 0 unspecified atom stereocenters. The van der Waals surface area contributed by atoms with Crippen molar-refractivity contribution in [2.75, 3.05) is 13.2 Å². The zero-order chi connectivity index (χ0) is 13.8. The summed E-state index contributed by atoms with van der Waals surface area (Å²) < 4.78 is 9.95. The van der Waals surface area contributed by atoms with E-state index in [4.69, 9.17) is 4.74 Å². The molecule has 0 fully saturated rings. The number of ether oxygens (including phenoxy) is 2. The fourth-order valence-electron chi connectivity index (χ4n) is 0.988. The van der Waals surface area contributed by atoms with Gasteiger partial charge in [-0.2, -0.15) is 0 Å². The Hall–Kier alpha value is -1.84. The third kappa shape index (κ3) is 8.33. The smallest absolute Gasteiger partial charge is 0.302 e. The maximum atomic E-state index is 10.4. The SMILES string of the molecule is CC(=O)OCCOc1ccc(C=O)cc1.CCC. The minimum absolute atomic E-state index is 0.227. The molecule has 0 N–H and O–H groups in total. The lowest BCUT2D eigenvalue weighted by Crippen LogP contribution is -2.09. The lowest BCUT2D eigenvalue weighted by Gasteiger charge is -2.05. The molecule has 100 valence electrons. The molecule has 0 aliphatic heterocycles. The fraction of sp³-hybridized carbons (Fsp3) is 0.429. The predicted molar refractivity (Wildman–Crippen MR) is 69.9 cm³/mol. The van der Waals surface area contributed by atoms with E-state index < -0.39 is 0 Å². The van der Waals surface area contributed by atoms with Crippen molar-refractivity contribution < 1.29 is 19.1 Å². The van der Waals surface area contributed by atoms with Gasteiger partial charge < -0.3 is 9.47 Å². The van der Waals surface area contributed by atoms with Gasteiger partial charge in [0.25, 0.3) is 0 Å². The van der Waals surface area contributed by atoms with E-state index in [-0.39, 0.29) is 12.6 Å². The maximum absolute atomic E-state index is 10.4. The minimum Gasteiger partial charge on any atom is -0.490 e. The molecule has 1 aromatic rings. The van der Waals surface area contributed by atoms with E-state index in [0.717, 1.165) is 6.29 Å². The Kier molecular flexibility index (Phi) is 9.27. The molecule has 0 bridgehead atoms. The van der Waals surface area contributed by atoms with Crippen LogP contribution in [0.2, 0.25) is 0 Å². The van der Waals surface area contributed by atoms with E-state index in [9.17, 15) is 9.59 Å². The molecule has 0 radical (unpaired) electrons. The Morgan fingerprint density at radius 2 is 1.72 bits per heavy atom. The van der Waals surface area contributed by atoms with Crippen LogP contribution in [-0.4, -0.2) is 25.5 Å². The number of carbonyl (C=O) groups excluding carboxylic acids is 2. The molecule has 0 amide bonds. The van der Waals surface area contributed by atoms with Crippen molar-refractivity contribution in [2.24, 2.45) is 0 Å². The Bertz CT molecular complexity index is 343. The number of rotatable bonds is 5. The van der Waals surface area contributed by atoms with Crippen molar-refractivity contribution in [1.82, 2.24) is 0 Å². The summed E-state index contributed by atoms with van der Waals surface area (Å²) in [6.07, 6.45) is 2.02. The van der Waals surface area contributed by atoms with Crippen LogP contribution in [0.15, 0.2) is 24.3 Å². The molecule has 18 heavy (non-hydrogen) atoms. The molecule has 0 aromatic heterocycles. The first kappa shape index (κ1) is 16.2. The van der Waals surface area contributed by atoms with Crippen molar-refractivity contribution in [3.05, 3.63) is 29.8 Å². The summed E-state index contributed by atoms with van der Waals surface area (Å²) in [5.74, 6) is 0.322. The van der Waals surface area contributed by atoms with Crippen molar-refractivity contribution in [3.8, 4) is 5.75 Å². The van der Waals surface area contributed by atoms with Gasteiger partial charge in [0, 0.05) is 12.5 Å². The standard InChI is InChI=1S/C11H12O4.C3H8/c1-9(13)14-6-7-15-11-4-2-10(8-12)3-5-11;1-3-2/h2-5,8H,6-7H2,1H3;3H2,1-2H3. The van der Waals surface area contributed by atoms with Gasteiger partial charge in [0.15, 0.2) is 0 Å². The van der Waals surface area contributed by atoms with Gasteiger partial charge in [-0.25, -0.2) is 0 Å². The van der Waals surface area contributed by atoms with E-state index in [0.29, 0.717) is 17.9 Å². The van der Waals surface area contributed by atoms with Crippen LogP contribution >= 0.6 is 0 Å². The molecule has 0 heterocycles. The topological polar surface area (TPSA) is 52.6 Å². The zero-order valence-electron chi connectivity index (χ0n) is 11.1. The van der Waals surface area contributed by atoms with Gasteiger partial charge in [-0.05, 0) is 24.3 Å². The summed E-state index contributed by atoms with van der Waals surface area (Å²) in [6.45, 7) is 6.13. The van der Waals surface area contributed by atoms with Gasteiger partial charge in [0.05, 0.1) is 0 Å². The maximum Gasteiger partial charge on any atom is 0.302 e. The summed E-state index contributed by atoms with van der Waals surface area (Å²) in [4.78, 5) is 20.8. The van der Waals surface area contributed by atoms with Gasteiger partial charge in [0.1, 0.15) is 25.2 Å². The molecule has 0 spiro atoms. The molecule has 0 saturated carbocycles. The van der Waals surface area contributed by atoms with E-state index in [2.05, 4.69) is 18.6 Å². The van der Waals surface area contributed by atoms with Crippen LogP contribution in [0.25, 0.3) is 0 Å². The van der Waals surface area contributed by atoms with Crippen LogP contribution < -0.4 is 4.74 Å². The molecule has 0 atom stereocenters. The second-order valence-electron chi connectivity index (χ2n) is 3.58. The van der Waals surface area contributed by atoms with Gasteiger partial charge in [0.2, 0.25) is 0 Å². The average molecular weight is 252 g/mol. The summed E-state index contributed by atoms with van der Waals surface area (Å²) >= 11 is 0. The largest absolute Gasteiger partial charge is 0.490 e. The molecule has 0 aliphatic carbocycles. The number of carbonyl (C=O) groups is 2. The second kappa shape index (κ2) is 10.3. The Labute approximate surface area is 108 Å². The van der Waals surface area contributed by atoms with Crippen LogP contribution in [0.5, 0.6) is 5.75 Å². The number of hydrogen-bond acceptors (Lipinski definition) is 4. The van der Waals surface area contributed by atoms with Gasteiger partial charge in [-0.15, -0.1) is 0 Å². The van der Waals surface area contributed by atoms with Crippen molar-refractivity contribution in [2.45, 2.75) is 27.2 Å². The molecule has 0 saturated heterocycles. The average Bonchev–Trinajstić information content (AvgIpc) is 2.36. The monoisotopic (exact) mass is 252 g/mol. The van der Waals surface area contributed by atoms with Crippen LogP contribution in [0.1, 0.15) is 37.6 Å². The quantitative estimate of drug-likeness (QED) is 0.459. The lowest BCUT2D eigenvalue weighted by molar-refractivity contribution is -0.141. The van der Waals surface area contributed by atoms with Gasteiger partial charge in [-0.1, -0.05) is 20.3 Å². The molecular weight excluding hydrogens is 232 g/mol. The number of hydrogen-bond donors (Lipinski definition) is 0. The summed E-state index contributed by atoms with van der Waals surface area (Å²) in [6, 6.07) is 6.71. The van der Waals surface area contributed by atoms with Crippen molar-refractivity contribution in [3.63, 3.8) is 0 Å². The zero-order valence-corrected chi connectivity index (χ0v) is 11.1.